The Bertz CT molecular complexity index is 1050. The van der Waals surface area contributed by atoms with Gasteiger partial charge in [-0.2, -0.15) is 10.2 Å². The standard InChI is InChI=1S/C30H46N10S2/c1-37(2)27-11-7-25(8-12-27)23-33-35-29(41)31-15-5-17-39-19-21-40(22-20-39)18-6-16-32-30(42)36-34-24-26-9-13-28(14-10-26)38(3)4/h7-14,23-24H,5-6,15-22H2,1-4H3,(H2,31,35,41)(H2,32,36,42)/b33-23+,34-24+. The van der Waals surface area contributed by atoms with Gasteiger partial charge in [0.2, 0.25) is 0 Å². The maximum Gasteiger partial charge on any atom is 0.186 e. The molecule has 3 rings (SSSR count). The first-order valence-corrected chi connectivity index (χ1v) is 15.2. The van der Waals surface area contributed by atoms with Crippen molar-refractivity contribution in [3.63, 3.8) is 0 Å². The molecule has 1 fully saturated rings. The fraction of sp³-hybridized carbons (Fsp3) is 0.467. The number of hydrazone groups is 2. The van der Waals surface area contributed by atoms with E-state index in [9.17, 15) is 0 Å². The monoisotopic (exact) mass is 610 g/mol. The second kappa shape index (κ2) is 18.3. The molecular weight excluding hydrogens is 565 g/mol. The van der Waals surface area contributed by atoms with Gasteiger partial charge in [0, 0.05) is 78.8 Å². The maximum atomic E-state index is 5.34. The number of hydrogen-bond acceptors (Lipinski definition) is 8. The molecule has 2 aromatic rings. The molecule has 0 aromatic heterocycles. The van der Waals surface area contributed by atoms with E-state index in [-0.39, 0.29) is 0 Å². The number of thiocarbonyl (C=S) groups is 2. The lowest BCUT2D eigenvalue weighted by molar-refractivity contribution is 0.131. The lowest BCUT2D eigenvalue weighted by atomic mass is 10.2. The van der Waals surface area contributed by atoms with Crippen molar-refractivity contribution in [3.8, 4) is 0 Å². The highest BCUT2D eigenvalue weighted by molar-refractivity contribution is 7.80. The summed E-state index contributed by atoms with van der Waals surface area (Å²) in [4.78, 5) is 9.18. The molecule has 228 valence electrons. The van der Waals surface area contributed by atoms with Crippen molar-refractivity contribution in [3.05, 3.63) is 59.7 Å². The van der Waals surface area contributed by atoms with Gasteiger partial charge in [-0.15, -0.1) is 0 Å². The molecule has 2 aromatic carbocycles. The van der Waals surface area contributed by atoms with Gasteiger partial charge in [0.05, 0.1) is 12.4 Å². The zero-order valence-corrected chi connectivity index (χ0v) is 27.0. The first-order valence-electron chi connectivity index (χ1n) is 14.4. The highest BCUT2D eigenvalue weighted by atomic mass is 32.1. The minimum Gasteiger partial charge on any atom is -0.378 e. The molecule has 42 heavy (non-hydrogen) atoms. The summed E-state index contributed by atoms with van der Waals surface area (Å²) >= 11 is 10.7. The molecule has 0 atom stereocenters. The summed E-state index contributed by atoms with van der Waals surface area (Å²) in [7, 11) is 8.10. The molecule has 0 radical (unpaired) electrons. The predicted molar refractivity (Wildman–Crippen MR) is 186 cm³/mol. The number of nitrogens with one attached hydrogen (secondary N) is 4. The molecule has 4 N–H and O–H groups in total. The van der Waals surface area contributed by atoms with Gasteiger partial charge in [-0.1, -0.05) is 24.3 Å². The second-order valence-corrected chi connectivity index (χ2v) is 11.4. The van der Waals surface area contributed by atoms with Crippen LogP contribution in [0.25, 0.3) is 0 Å². The van der Waals surface area contributed by atoms with Gasteiger partial charge in [-0.25, -0.2) is 0 Å². The van der Waals surface area contributed by atoms with Crippen LogP contribution in [0.4, 0.5) is 11.4 Å². The van der Waals surface area contributed by atoms with E-state index in [1.807, 2.05) is 52.5 Å². The molecule has 0 spiro atoms. The van der Waals surface area contributed by atoms with Crippen LogP contribution in [0.1, 0.15) is 24.0 Å². The molecule has 0 aliphatic carbocycles. The smallest absolute Gasteiger partial charge is 0.186 e. The predicted octanol–water partition coefficient (Wildman–Crippen LogP) is 2.51. The summed E-state index contributed by atoms with van der Waals surface area (Å²) < 4.78 is 0. The van der Waals surface area contributed by atoms with Crippen LogP contribution in [0, 0.1) is 0 Å². The largest absolute Gasteiger partial charge is 0.378 e. The van der Waals surface area contributed by atoms with Crippen molar-refractivity contribution in [2.45, 2.75) is 12.8 Å². The summed E-state index contributed by atoms with van der Waals surface area (Å²) in [6.07, 6.45) is 5.62. The van der Waals surface area contributed by atoms with Crippen molar-refractivity contribution in [1.82, 2.24) is 31.3 Å². The zero-order chi connectivity index (χ0) is 30.2. The molecule has 1 aliphatic rings. The molecule has 1 heterocycles. The molecule has 0 unspecified atom stereocenters. The van der Waals surface area contributed by atoms with Gasteiger partial charge in [-0.05, 0) is 85.8 Å². The van der Waals surface area contributed by atoms with E-state index in [4.69, 9.17) is 24.4 Å². The molecule has 10 nitrogen and oxygen atoms in total. The van der Waals surface area contributed by atoms with Crippen LogP contribution in [-0.2, 0) is 0 Å². The van der Waals surface area contributed by atoms with E-state index in [1.54, 1.807) is 12.4 Å². The summed E-state index contributed by atoms with van der Waals surface area (Å²) in [5.41, 5.74) is 10.2. The van der Waals surface area contributed by atoms with Crippen LogP contribution in [0.2, 0.25) is 0 Å². The number of hydrogen-bond donors (Lipinski definition) is 4. The second-order valence-electron chi connectivity index (χ2n) is 10.6. The summed E-state index contributed by atoms with van der Waals surface area (Å²) in [5, 5.41) is 16.0. The SMILES string of the molecule is CN(C)c1ccc(/C=N/NC(=S)NCCCN2CCN(CCCNC(=S)N/N=C/c3ccc(N(C)C)cc3)CC2)cc1. The van der Waals surface area contributed by atoms with E-state index >= 15 is 0 Å². The molecule has 0 saturated carbocycles. The van der Waals surface area contributed by atoms with E-state index in [2.05, 4.69) is 75.6 Å². The minimum atomic E-state index is 0.547. The van der Waals surface area contributed by atoms with Crippen molar-refractivity contribution in [2.75, 3.05) is 90.3 Å². The Balaban J connectivity index is 1.17. The normalized spacial score (nSPS) is 14.2. The van der Waals surface area contributed by atoms with Gasteiger partial charge < -0.3 is 30.2 Å². The molecule has 0 bridgehead atoms. The van der Waals surface area contributed by atoms with Crippen LogP contribution in [0.15, 0.2) is 58.7 Å². The number of anilines is 2. The van der Waals surface area contributed by atoms with Crippen LogP contribution in [0.5, 0.6) is 0 Å². The molecular formula is C30H46N10S2. The van der Waals surface area contributed by atoms with Crippen LogP contribution in [0.3, 0.4) is 0 Å². The van der Waals surface area contributed by atoms with Gasteiger partial charge >= 0.3 is 0 Å². The van der Waals surface area contributed by atoms with Crippen molar-refractivity contribution >= 4 is 58.5 Å². The van der Waals surface area contributed by atoms with Crippen LogP contribution >= 0.6 is 24.4 Å². The van der Waals surface area contributed by atoms with E-state index in [1.165, 1.54) is 0 Å². The zero-order valence-electron chi connectivity index (χ0n) is 25.3. The number of rotatable bonds is 14. The molecule has 1 aliphatic heterocycles. The number of nitrogens with zero attached hydrogens (tertiary/aromatic N) is 6. The first kappa shape index (κ1) is 33.2. The quantitative estimate of drug-likeness (QED) is 0.111. The van der Waals surface area contributed by atoms with Gasteiger partial charge in [0.1, 0.15) is 0 Å². The summed E-state index contributed by atoms with van der Waals surface area (Å²) in [6.45, 7) is 8.15. The van der Waals surface area contributed by atoms with Crippen LogP contribution < -0.4 is 31.3 Å². The first-order chi connectivity index (χ1) is 20.3. The summed E-state index contributed by atoms with van der Waals surface area (Å²) in [5.74, 6) is 0. The Morgan fingerprint density at radius 3 is 1.36 bits per heavy atom. The van der Waals surface area contributed by atoms with Crippen molar-refractivity contribution in [1.29, 1.82) is 0 Å². The fourth-order valence-corrected chi connectivity index (χ4v) is 4.68. The Labute approximate surface area is 262 Å². The van der Waals surface area contributed by atoms with Gasteiger partial charge in [-0.3, -0.25) is 10.9 Å². The Hall–Kier alpha value is -3.32. The molecule has 1 saturated heterocycles. The third kappa shape index (κ3) is 12.7. The van der Waals surface area contributed by atoms with E-state index in [0.29, 0.717) is 10.2 Å². The highest BCUT2D eigenvalue weighted by Gasteiger charge is 2.15. The third-order valence-electron chi connectivity index (χ3n) is 6.92. The Kier molecular flexibility index (Phi) is 14.4. The fourth-order valence-electron chi connectivity index (χ4n) is 4.37. The van der Waals surface area contributed by atoms with E-state index in [0.717, 1.165) is 87.7 Å². The Morgan fingerprint density at radius 1 is 0.667 bits per heavy atom. The van der Waals surface area contributed by atoms with E-state index < -0.39 is 0 Å². The minimum absolute atomic E-state index is 0.547. The third-order valence-corrected chi connectivity index (χ3v) is 7.39. The maximum absolute atomic E-state index is 5.34. The topological polar surface area (TPSA) is 85.8 Å². The van der Waals surface area contributed by atoms with Gasteiger partial charge in [0.15, 0.2) is 10.2 Å². The van der Waals surface area contributed by atoms with Gasteiger partial charge in [0.25, 0.3) is 0 Å². The lowest BCUT2D eigenvalue weighted by Gasteiger charge is -2.34. The molecule has 0 amide bonds. The lowest BCUT2D eigenvalue weighted by Crippen LogP contribution is -2.47. The Morgan fingerprint density at radius 2 is 1.02 bits per heavy atom. The average molecular weight is 611 g/mol. The van der Waals surface area contributed by atoms with Crippen molar-refractivity contribution < 1.29 is 0 Å². The number of benzene rings is 2. The van der Waals surface area contributed by atoms with Crippen molar-refractivity contribution in [2.24, 2.45) is 10.2 Å². The number of piperazine rings is 1. The average Bonchev–Trinajstić information content (AvgIpc) is 2.99. The van der Waals surface area contributed by atoms with Crippen LogP contribution in [-0.4, -0.2) is 113 Å². The highest BCUT2D eigenvalue weighted by Crippen LogP contribution is 2.11. The molecule has 12 heteroatoms. The summed E-state index contributed by atoms with van der Waals surface area (Å²) in [6, 6.07) is 16.4.